The van der Waals surface area contributed by atoms with Crippen LogP contribution < -0.4 is 10.6 Å². The van der Waals surface area contributed by atoms with Gasteiger partial charge in [0, 0.05) is 56.2 Å². The van der Waals surface area contributed by atoms with E-state index in [0.29, 0.717) is 6.54 Å². The molecule has 1 atom stereocenters. The van der Waals surface area contributed by atoms with E-state index in [2.05, 4.69) is 20.5 Å². The second-order valence-electron chi connectivity index (χ2n) is 7.08. The molecular formula is C22H23FN4O. The van der Waals surface area contributed by atoms with Gasteiger partial charge in [-0.1, -0.05) is 18.2 Å². The summed E-state index contributed by atoms with van der Waals surface area (Å²) in [5, 5.41) is 8.41. The molecule has 2 N–H and O–H groups in total. The molecule has 1 aliphatic heterocycles. The number of hydrogen-bond donors (Lipinski definition) is 2. The minimum atomic E-state index is -0.369. The van der Waals surface area contributed by atoms with Crippen molar-refractivity contribution in [2.45, 2.75) is 5.92 Å². The van der Waals surface area contributed by atoms with Crippen LogP contribution in [0.4, 0.5) is 10.1 Å². The van der Waals surface area contributed by atoms with Crippen molar-refractivity contribution >= 4 is 22.4 Å². The lowest BCUT2D eigenvalue weighted by molar-refractivity contribution is -0.118. The van der Waals surface area contributed by atoms with Crippen molar-refractivity contribution in [2.75, 3.05) is 38.0 Å². The van der Waals surface area contributed by atoms with Crippen molar-refractivity contribution in [3.8, 4) is 0 Å². The Hall–Kier alpha value is -2.83. The smallest absolute Gasteiger partial charge is 0.233 e. The van der Waals surface area contributed by atoms with Crippen LogP contribution in [0, 0.1) is 5.82 Å². The minimum absolute atomic E-state index is 0.0847. The summed E-state index contributed by atoms with van der Waals surface area (Å²) in [4.78, 5) is 19.5. The summed E-state index contributed by atoms with van der Waals surface area (Å²) in [7, 11) is 0. The zero-order valence-electron chi connectivity index (χ0n) is 15.6. The molecule has 1 saturated heterocycles. The van der Waals surface area contributed by atoms with Crippen LogP contribution in [0.2, 0.25) is 0 Å². The fraction of sp³-hybridized carbons (Fsp3) is 0.273. The molecule has 0 radical (unpaired) electrons. The van der Waals surface area contributed by atoms with Crippen molar-refractivity contribution in [1.29, 1.82) is 0 Å². The molecule has 2 heterocycles. The van der Waals surface area contributed by atoms with E-state index >= 15 is 0 Å². The molecule has 0 saturated carbocycles. The van der Waals surface area contributed by atoms with Crippen LogP contribution in [0.1, 0.15) is 11.5 Å². The van der Waals surface area contributed by atoms with Crippen molar-refractivity contribution < 1.29 is 9.18 Å². The van der Waals surface area contributed by atoms with E-state index in [4.69, 9.17) is 0 Å². The molecule has 1 amide bonds. The zero-order valence-corrected chi connectivity index (χ0v) is 15.6. The number of benzene rings is 2. The number of aromatic nitrogens is 1. The Morgan fingerprint density at radius 3 is 2.68 bits per heavy atom. The summed E-state index contributed by atoms with van der Waals surface area (Å²) in [6.07, 6.45) is 3.53. The van der Waals surface area contributed by atoms with E-state index in [-0.39, 0.29) is 17.6 Å². The number of carbonyl (C=O) groups excluding carboxylic acids is 1. The standard InChI is InChI=1S/C22H23FN4O/c23-19-4-1-16(2-5-19)21(15-27-11-9-24-10-12-27)22(28)26-20-6-3-18-14-25-8-7-17(18)13-20/h1-8,13-14,21,24H,9-12,15H2,(H,26,28)/t21-/m1/s1. The Morgan fingerprint density at radius 2 is 1.89 bits per heavy atom. The average Bonchev–Trinajstić information content (AvgIpc) is 2.73. The summed E-state index contributed by atoms with van der Waals surface area (Å²) in [5.74, 6) is -0.751. The van der Waals surface area contributed by atoms with Crippen LogP contribution in [0.15, 0.2) is 60.9 Å². The molecule has 0 unspecified atom stereocenters. The van der Waals surface area contributed by atoms with Gasteiger partial charge in [0.05, 0.1) is 5.92 Å². The summed E-state index contributed by atoms with van der Waals surface area (Å²) in [6.45, 7) is 4.23. The first kappa shape index (κ1) is 18.5. The number of carbonyl (C=O) groups is 1. The molecule has 1 fully saturated rings. The van der Waals surface area contributed by atoms with E-state index in [9.17, 15) is 9.18 Å². The maximum Gasteiger partial charge on any atom is 0.233 e. The maximum absolute atomic E-state index is 13.4. The third kappa shape index (κ3) is 4.35. The second-order valence-corrected chi connectivity index (χ2v) is 7.08. The highest BCUT2D eigenvalue weighted by molar-refractivity contribution is 5.98. The van der Waals surface area contributed by atoms with Gasteiger partial charge in [0.15, 0.2) is 0 Å². The van der Waals surface area contributed by atoms with Crippen molar-refractivity contribution in [1.82, 2.24) is 15.2 Å². The average molecular weight is 378 g/mol. The summed E-state index contributed by atoms with van der Waals surface area (Å²) in [6, 6.07) is 13.9. The highest BCUT2D eigenvalue weighted by Gasteiger charge is 2.24. The monoisotopic (exact) mass is 378 g/mol. The number of rotatable bonds is 5. The topological polar surface area (TPSA) is 57.3 Å². The number of nitrogens with zero attached hydrogens (tertiary/aromatic N) is 2. The molecule has 0 bridgehead atoms. The molecule has 0 aliphatic carbocycles. The number of halogens is 1. The molecular weight excluding hydrogens is 355 g/mol. The summed E-state index contributed by atoms with van der Waals surface area (Å²) >= 11 is 0. The molecule has 1 aromatic heterocycles. The summed E-state index contributed by atoms with van der Waals surface area (Å²) < 4.78 is 13.4. The lowest BCUT2D eigenvalue weighted by atomic mass is 9.96. The Morgan fingerprint density at radius 1 is 1.11 bits per heavy atom. The third-order valence-electron chi connectivity index (χ3n) is 5.15. The Labute approximate surface area is 163 Å². The van der Waals surface area contributed by atoms with Crippen molar-refractivity contribution in [3.63, 3.8) is 0 Å². The van der Waals surface area contributed by atoms with E-state index in [1.54, 1.807) is 24.5 Å². The SMILES string of the molecule is O=C(Nc1ccc2cnccc2c1)[C@H](CN1CCNCC1)c1ccc(F)cc1. The van der Waals surface area contributed by atoms with E-state index in [1.807, 2.05) is 24.3 Å². The molecule has 6 heteroatoms. The van der Waals surface area contributed by atoms with Crippen LogP contribution in [0.5, 0.6) is 0 Å². The minimum Gasteiger partial charge on any atom is -0.325 e. The second kappa shape index (κ2) is 8.46. The highest BCUT2D eigenvalue weighted by atomic mass is 19.1. The Bertz CT molecular complexity index is 954. The van der Waals surface area contributed by atoms with Gasteiger partial charge in [0.25, 0.3) is 0 Å². The van der Waals surface area contributed by atoms with Gasteiger partial charge in [-0.2, -0.15) is 0 Å². The first-order chi connectivity index (χ1) is 13.7. The zero-order chi connectivity index (χ0) is 19.3. The van der Waals surface area contributed by atoms with Crippen LogP contribution >= 0.6 is 0 Å². The lowest BCUT2D eigenvalue weighted by Crippen LogP contribution is -2.46. The van der Waals surface area contributed by atoms with Crippen molar-refractivity contribution in [2.24, 2.45) is 0 Å². The number of hydrogen-bond acceptors (Lipinski definition) is 4. The quantitative estimate of drug-likeness (QED) is 0.717. The van der Waals surface area contributed by atoms with Gasteiger partial charge in [-0.15, -0.1) is 0 Å². The molecule has 1 aliphatic rings. The Kier molecular flexibility index (Phi) is 5.60. The molecule has 144 valence electrons. The van der Waals surface area contributed by atoms with Crippen LogP contribution in [0.25, 0.3) is 10.8 Å². The number of pyridine rings is 1. The maximum atomic E-state index is 13.4. The van der Waals surface area contributed by atoms with Crippen molar-refractivity contribution in [3.05, 3.63) is 72.3 Å². The van der Waals surface area contributed by atoms with E-state index < -0.39 is 0 Å². The largest absolute Gasteiger partial charge is 0.325 e. The molecule has 3 aromatic rings. The molecule has 2 aromatic carbocycles. The van der Waals surface area contributed by atoms with Gasteiger partial charge < -0.3 is 10.6 Å². The third-order valence-corrected chi connectivity index (χ3v) is 5.15. The van der Waals surface area contributed by atoms with Gasteiger partial charge in [0.1, 0.15) is 5.82 Å². The number of anilines is 1. The lowest BCUT2D eigenvalue weighted by Gasteiger charge is -2.30. The number of fused-ring (bicyclic) bond motifs is 1. The van der Waals surface area contributed by atoms with E-state index in [0.717, 1.165) is 48.2 Å². The van der Waals surface area contributed by atoms with Gasteiger partial charge in [0.2, 0.25) is 5.91 Å². The molecule has 28 heavy (non-hydrogen) atoms. The first-order valence-corrected chi connectivity index (χ1v) is 9.52. The normalized spacial score (nSPS) is 16.0. The molecule has 0 spiro atoms. The highest BCUT2D eigenvalue weighted by Crippen LogP contribution is 2.23. The van der Waals surface area contributed by atoms with Gasteiger partial charge >= 0.3 is 0 Å². The van der Waals surface area contributed by atoms with Crippen LogP contribution in [0.3, 0.4) is 0 Å². The number of amides is 1. The number of piperazine rings is 1. The summed E-state index contributed by atoms with van der Waals surface area (Å²) in [5.41, 5.74) is 1.57. The van der Waals surface area contributed by atoms with Gasteiger partial charge in [-0.3, -0.25) is 14.7 Å². The first-order valence-electron chi connectivity index (χ1n) is 9.52. The van der Waals surface area contributed by atoms with E-state index in [1.165, 1.54) is 12.1 Å². The van der Waals surface area contributed by atoms with Gasteiger partial charge in [-0.25, -0.2) is 4.39 Å². The Balaban J connectivity index is 1.56. The number of nitrogens with one attached hydrogen (secondary N) is 2. The van der Waals surface area contributed by atoms with Crippen LogP contribution in [-0.2, 0) is 4.79 Å². The fourth-order valence-electron chi connectivity index (χ4n) is 3.58. The molecule has 4 rings (SSSR count). The predicted molar refractivity (Wildman–Crippen MR) is 109 cm³/mol. The molecule has 5 nitrogen and oxygen atoms in total. The predicted octanol–water partition coefficient (Wildman–Crippen LogP) is 3.00. The fourth-order valence-corrected chi connectivity index (χ4v) is 3.58. The van der Waals surface area contributed by atoms with Gasteiger partial charge in [-0.05, 0) is 41.3 Å². The van der Waals surface area contributed by atoms with Crippen LogP contribution in [-0.4, -0.2) is 48.5 Å².